The van der Waals surface area contributed by atoms with Crippen molar-refractivity contribution in [3.63, 3.8) is 0 Å². The Morgan fingerprint density at radius 2 is 1.89 bits per heavy atom. The monoisotopic (exact) mass is 389 g/mol. The zero-order valence-corrected chi connectivity index (χ0v) is 16.8. The molecule has 1 aliphatic carbocycles. The van der Waals surface area contributed by atoms with E-state index in [0.717, 1.165) is 30.5 Å². The van der Waals surface area contributed by atoms with E-state index in [1.54, 1.807) is 30.3 Å². The van der Waals surface area contributed by atoms with Gasteiger partial charge in [-0.15, -0.1) is 0 Å². The van der Waals surface area contributed by atoms with Crippen LogP contribution in [0.15, 0.2) is 40.0 Å². The lowest BCUT2D eigenvalue weighted by Crippen LogP contribution is -2.43. The summed E-state index contributed by atoms with van der Waals surface area (Å²) in [6, 6.07) is 8.47. The number of sulfonamides is 1. The molecule has 0 spiro atoms. The SMILES string of the molecule is Cc1cc(Cc2ccc(S(=O)(=O)NC3CCCC(C)C3C)cc2)c(=O)[nH]n1. The lowest BCUT2D eigenvalue weighted by molar-refractivity contribution is 0.227. The highest BCUT2D eigenvalue weighted by Gasteiger charge is 2.30. The summed E-state index contributed by atoms with van der Waals surface area (Å²) in [7, 11) is -3.55. The van der Waals surface area contributed by atoms with E-state index in [9.17, 15) is 13.2 Å². The van der Waals surface area contributed by atoms with Crippen LogP contribution in [0.3, 0.4) is 0 Å². The highest BCUT2D eigenvalue weighted by molar-refractivity contribution is 7.89. The number of nitrogens with zero attached hydrogens (tertiary/aromatic N) is 1. The summed E-state index contributed by atoms with van der Waals surface area (Å²) in [6.07, 6.45) is 3.52. The molecular formula is C20H27N3O3S. The fraction of sp³-hybridized carbons (Fsp3) is 0.500. The zero-order chi connectivity index (χ0) is 19.6. The molecule has 0 amide bonds. The molecule has 0 saturated heterocycles. The van der Waals surface area contributed by atoms with Crippen molar-refractivity contribution in [2.24, 2.45) is 11.8 Å². The van der Waals surface area contributed by atoms with Gasteiger partial charge in [0.1, 0.15) is 0 Å². The fourth-order valence-electron chi connectivity index (χ4n) is 3.71. The fourth-order valence-corrected chi connectivity index (χ4v) is 5.08. The predicted molar refractivity (Wildman–Crippen MR) is 105 cm³/mol. The average molecular weight is 390 g/mol. The van der Waals surface area contributed by atoms with Crippen molar-refractivity contribution in [1.29, 1.82) is 0 Å². The van der Waals surface area contributed by atoms with Crippen LogP contribution >= 0.6 is 0 Å². The van der Waals surface area contributed by atoms with E-state index in [4.69, 9.17) is 0 Å². The van der Waals surface area contributed by atoms with E-state index in [1.165, 1.54) is 0 Å². The van der Waals surface area contributed by atoms with Gasteiger partial charge in [-0.25, -0.2) is 18.2 Å². The van der Waals surface area contributed by atoms with Gasteiger partial charge in [0.05, 0.1) is 10.6 Å². The first kappa shape index (κ1) is 19.8. The van der Waals surface area contributed by atoms with Crippen LogP contribution < -0.4 is 10.3 Å². The first-order valence-electron chi connectivity index (χ1n) is 9.43. The summed E-state index contributed by atoms with van der Waals surface area (Å²) in [5.74, 6) is 0.852. The Bertz CT molecular complexity index is 951. The van der Waals surface area contributed by atoms with Gasteiger partial charge in [0.25, 0.3) is 5.56 Å². The molecule has 0 aliphatic heterocycles. The number of aryl methyl sites for hydroxylation is 1. The molecule has 27 heavy (non-hydrogen) atoms. The topological polar surface area (TPSA) is 91.9 Å². The van der Waals surface area contributed by atoms with Crippen molar-refractivity contribution < 1.29 is 8.42 Å². The second-order valence-corrected chi connectivity index (χ2v) is 9.39. The Kier molecular flexibility index (Phi) is 5.81. The number of benzene rings is 1. The lowest BCUT2D eigenvalue weighted by atomic mass is 9.78. The molecule has 1 aromatic heterocycles. The third kappa shape index (κ3) is 4.65. The van der Waals surface area contributed by atoms with Crippen molar-refractivity contribution in [2.75, 3.05) is 0 Å². The van der Waals surface area contributed by atoms with Crippen molar-refractivity contribution in [3.8, 4) is 0 Å². The molecule has 6 nitrogen and oxygen atoms in total. The largest absolute Gasteiger partial charge is 0.268 e. The maximum absolute atomic E-state index is 12.7. The molecule has 146 valence electrons. The molecule has 1 saturated carbocycles. The molecule has 2 N–H and O–H groups in total. The molecule has 3 rings (SSSR count). The minimum Gasteiger partial charge on any atom is -0.268 e. The molecule has 2 aromatic rings. The van der Waals surface area contributed by atoms with Gasteiger partial charge in [0.15, 0.2) is 0 Å². The van der Waals surface area contributed by atoms with E-state index < -0.39 is 10.0 Å². The highest BCUT2D eigenvalue weighted by Crippen LogP contribution is 2.30. The summed E-state index contributed by atoms with van der Waals surface area (Å²) in [4.78, 5) is 12.1. The van der Waals surface area contributed by atoms with Crippen LogP contribution in [0.2, 0.25) is 0 Å². The molecule has 0 radical (unpaired) electrons. The van der Waals surface area contributed by atoms with E-state index in [2.05, 4.69) is 28.8 Å². The van der Waals surface area contributed by atoms with Gasteiger partial charge in [0, 0.05) is 18.0 Å². The van der Waals surface area contributed by atoms with Gasteiger partial charge in [-0.1, -0.05) is 38.8 Å². The second-order valence-electron chi connectivity index (χ2n) is 7.68. The van der Waals surface area contributed by atoms with E-state index in [0.29, 0.717) is 23.8 Å². The Morgan fingerprint density at radius 1 is 1.19 bits per heavy atom. The predicted octanol–water partition coefficient (Wildman–Crippen LogP) is 2.77. The number of H-pyrrole nitrogens is 1. The summed E-state index contributed by atoms with van der Waals surface area (Å²) in [5.41, 5.74) is 2.01. The Labute approximate surface area is 160 Å². The first-order valence-corrected chi connectivity index (χ1v) is 10.9. The molecule has 1 fully saturated rings. The van der Waals surface area contributed by atoms with Crippen LogP contribution in [-0.2, 0) is 16.4 Å². The van der Waals surface area contributed by atoms with Gasteiger partial charge < -0.3 is 0 Å². The van der Waals surface area contributed by atoms with Crippen molar-refractivity contribution >= 4 is 10.0 Å². The molecule has 1 aliphatic rings. The number of aromatic nitrogens is 2. The van der Waals surface area contributed by atoms with Gasteiger partial charge in [0.2, 0.25) is 10.0 Å². The van der Waals surface area contributed by atoms with Crippen LogP contribution in [0.4, 0.5) is 0 Å². The summed E-state index contributed by atoms with van der Waals surface area (Å²) in [6.45, 7) is 6.12. The van der Waals surface area contributed by atoms with Gasteiger partial charge in [-0.2, -0.15) is 5.10 Å². The first-order chi connectivity index (χ1) is 12.8. The van der Waals surface area contributed by atoms with Crippen LogP contribution in [0.5, 0.6) is 0 Å². The lowest BCUT2D eigenvalue weighted by Gasteiger charge is -2.34. The molecule has 3 atom stereocenters. The van der Waals surface area contributed by atoms with Crippen molar-refractivity contribution in [2.45, 2.75) is 57.4 Å². The number of hydrogen-bond donors (Lipinski definition) is 2. The second kappa shape index (κ2) is 7.94. The number of aromatic amines is 1. The Balaban J connectivity index is 1.74. The average Bonchev–Trinajstić information content (AvgIpc) is 2.62. The van der Waals surface area contributed by atoms with Crippen LogP contribution in [0.1, 0.15) is 49.9 Å². The maximum atomic E-state index is 12.7. The minimum absolute atomic E-state index is 0.0169. The van der Waals surface area contributed by atoms with E-state index in [1.807, 2.05) is 6.92 Å². The van der Waals surface area contributed by atoms with Gasteiger partial charge >= 0.3 is 0 Å². The third-order valence-corrected chi connectivity index (χ3v) is 7.16. The Hall–Kier alpha value is -1.99. The molecule has 0 bridgehead atoms. The standard InChI is InChI=1S/C20H27N3O3S/c1-13-5-4-6-19(15(13)3)23-27(25,26)18-9-7-16(8-10-18)12-17-11-14(2)21-22-20(17)24/h7-11,13,15,19,23H,4-6,12H2,1-3H3,(H,22,24). The Morgan fingerprint density at radius 3 is 2.59 bits per heavy atom. The van der Waals surface area contributed by atoms with Crippen LogP contribution in [0, 0.1) is 18.8 Å². The molecule has 3 unspecified atom stereocenters. The minimum atomic E-state index is -3.55. The quantitative estimate of drug-likeness (QED) is 0.822. The van der Waals surface area contributed by atoms with Crippen LogP contribution in [0.25, 0.3) is 0 Å². The molecule has 1 aromatic carbocycles. The number of nitrogens with one attached hydrogen (secondary N) is 2. The van der Waals surface area contributed by atoms with E-state index in [-0.39, 0.29) is 16.5 Å². The van der Waals surface area contributed by atoms with E-state index >= 15 is 0 Å². The van der Waals surface area contributed by atoms with Crippen LogP contribution in [-0.4, -0.2) is 24.7 Å². The number of rotatable bonds is 5. The normalized spacial score (nSPS) is 23.3. The third-order valence-electron chi connectivity index (χ3n) is 5.65. The number of hydrogen-bond acceptors (Lipinski definition) is 4. The summed E-state index contributed by atoms with van der Waals surface area (Å²) < 4.78 is 28.4. The van der Waals surface area contributed by atoms with Crippen molar-refractivity contribution in [1.82, 2.24) is 14.9 Å². The van der Waals surface area contributed by atoms with Gasteiger partial charge in [-0.3, -0.25) is 4.79 Å². The molecule has 7 heteroatoms. The van der Waals surface area contributed by atoms with Gasteiger partial charge in [-0.05, 0) is 48.9 Å². The zero-order valence-electron chi connectivity index (χ0n) is 16.0. The maximum Gasteiger partial charge on any atom is 0.267 e. The molecule has 1 heterocycles. The highest BCUT2D eigenvalue weighted by atomic mass is 32.2. The van der Waals surface area contributed by atoms with Crippen molar-refractivity contribution in [3.05, 3.63) is 57.5 Å². The summed E-state index contributed by atoms with van der Waals surface area (Å²) in [5, 5.41) is 6.33. The smallest absolute Gasteiger partial charge is 0.267 e. The molecular weight excluding hydrogens is 362 g/mol. The summed E-state index contributed by atoms with van der Waals surface area (Å²) >= 11 is 0.